The zero-order valence-corrected chi connectivity index (χ0v) is 17.2. The minimum Gasteiger partial charge on any atom is -0.383 e. The molecule has 5 nitrogen and oxygen atoms in total. The highest BCUT2D eigenvalue weighted by atomic mass is 35.5. The molecule has 3 rings (SSSR count). The van der Waals surface area contributed by atoms with Crippen molar-refractivity contribution in [3.8, 4) is 11.3 Å². The number of rotatable bonds is 7. The lowest BCUT2D eigenvalue weighted by atomic mass is 10.0. The molecule has 1 aromatic heterocycles. The van der Waals surface area contributed by atoms with Crippen LogP contribution in [-0.4, -0.2) is 31.2 Å². The number of nitrogens with one attached hydrogen (secondary N) is 2. The zero-order valence-electron chi connectivity index (χ0n) is 16.5. The summed E-state index contributed by atoms with van der Waals surface area (Å²) in [5.74, 6) is -0.474. The Kier molecular flexibility index (Phi) is 7.14. The number of carbonyl (C=O) groups is 1. The summed E-state index contributed by atoms with van der Waals surface area (Å²) in [4.78, 5) is 17.1. The maximum atomic E-state index is 12.8. The Morgan fingerprint density at radius 3 is 2.52 bits per heavy atom. The number of methoxy groups -OCH3 is 1. The van der Waals surface area contributed by atoms with Gasteiger partial charge in [0.25, 0.3) is 5.91 Å². The monoisotopic (exact) mass is 449 g/mol. The molecule has 0 saturated heterocycles. The Hall–Kier alpha value is -3.10. The molecule has 2 aromatic carbocycles. The summed E-state index contributed by atoms with van der Waals surface area (Å²) in [6, 6.07) is 12.7. The van der Waals surface area contributed by atoms with Crippen molar-refractivity contribution in [1.82, 2.24) is 4.98 Å². The van der Waals surface area contributed by atoms with Gasteiger partial charge in [0, 0.05) is 36.8 Å². The number of halogens is 4. The molecule has 0 aliphatic rings. The van der Waals surface area contributed by atoms with Gasteiger partial charge in [0.15, 0.2) is 0 Å². The van der Waals surface area contributed by atoms with E-state index in [1.54, 1.807) is 43.6 Å². The van der Waals surface area contributed by atoms with Gasteiger partial charge in [-0.3, -0.25) is 9.78 Å². The van der Waals surface area contributed by atoms with Crippen molar-refractivity contribution in [1.29, 1.82) is 0 Å². The molecule has 0 radical (unpaired) electrons. The lowest BCUT2D eigenvalue weighted by molar-refractivity contribution is -0.137. The number of carbonyl (C=O) groups excluding carboxylic acids is 1. The Labute approximate surface area is 182 Å². The number of nitrogens with zero attached hydrogens (tertiary/aromatic N) is 1. The number of hydrogen-bond acceptors (Lipinski definition) is 4. The van der Waals surface area contributed by atoms with Crippen LogP contribution in [0.2, 0.25) is 5.02 Å². The van der Waals surface area contributed by atoms with Crippen LogP contribution in [0.25, 0.3) is 11.3 Å². The number of alkyl halides is 3. The van der Waals surface area contributed by atoms with Crippen LogP contribution in [0.15, 0.2) is 60.8 Å². The summed E-state index contributed by atoms with van der Waals surface area (Å²) in [5.41, 5.74) is 1.56. The van der Waals surface area contributed by atoms with E-state index in [1.807, 2.05) is 0 Å². The van der Waals surface area contributed by atoms with Gasteiger partial charge < -0.3 is 15.4 Å². The van der Waals surface area contributed by atoms with E-state index >= 15 is 0 Å². The van der Waals surface area contributed by atoms with Gasteiger partial charge in [-0.15, -0.1) is 0 Å². The molecule has 2 N–H and O–H groups in total. The fourth-order valence-corrected chi connectivity index (χ4v) is 3.09. The lowest BCUT2D eigenvalue weighted by Gasteiger charge is -2.15. The van der Waals surface area contributed by atoms with Crippen molar-refractivity contribution in [2.45, 2.75) is 6.18 Å². The summed E-state index contributed by atoms with van der Waals surface area (Å²) < 4.78 is 43.2. The zero-order chi connectivity index (χ0) is 22.4. The molecule has 1 amide bonds. The molecular weight excluding hydrogens is 431 g/mol. The molecular formula is C22H19ClF3N3O2. The molecule has 1 heterocycles. The molecule has 3 aromatic rings. The first-order valence-corrected chi connectivity index (χ1v) is 9.64. The molecule has 0 aliphatic heterocycles. The maximum Gasteiger partial charge on any atom is 0.416 e. The second kappa shape index (κ2) is 9.80. The van der Waals surface area contributed by atoms with Crippen molar-refractivity contribution >= 4 is 28.9 Å². The summed E-state index contributed by atoms with van der Waals surface area (Å²) in [6.07, 6.45) is -2.83. The van der Waals surface area contributed by atoms with Crippen LogP contribution in [0.4, 0.5) is 24.5 Å². The van der Waals surface area contributed by atoms with Gasteiger partial charge >= 0.3 is 6.18 Å². The average Bonchev–Trinajstić information content (AvgIpc) is 2.74. The number of pyridine rings is 1. The number of amides is 1. The Morgan fingerprint density at radius 1 is 1.13 bits per heavy atom. The first kappa shape index (κ1) is 22.6. The van der Waals surface area contributed by atoms with Crippen LogP contribution in [0.5, 0.6) is 0 Å². The van der Waals surface area contributed by atoms with E-state index in [9.17, 15) is 18.0 Å². The molecule has 0 saturated carbocycles. The quantitative estimate of drug-likeness (QED) is 0.452. The van der Waals surface area contributed by atoms with Gasteiger partial charge in [-0.1, -0.05) is 17.7 Å². The predicted octanol–water partition coefficient (Wildman–Crippen LogP) is 5.73. The van der Waals surface area contributed by atoms with Gasteiger partial charge in [-0.05, 0) is 48.5 Å². The predicted molar refractivity (Wildman–Crippen MR) is 114 cm³/mol. The molecule has 31 heavy (non-hydrogen) atoms. The Balaban J connectivity index is 1.87. The summed E-state index contributed by atoms with van der Waals surface area (Å²) >= 11 is 6.23. The highest BCUT2D eigenvalue weighted by Gasteiger charge is 2.30. The number of hydrogen-bond donors (Lipinski definition) is 2. The Morgan fingerprint density at radius 2 is 1.87 bits per heavy atom. The van der Waals surface area contributed by atoms with Crippen LogP contribution in [-0.2, 0) is 10.9 Å². The third-order valence-corrected chi connectivity index (χ3v) is 4.69. The lowest BCUT2D eigenvalue weighted by Crippen LogP contribution is -2.17. The van der Waals surface area contributed by atoms with Crippen molar-refractivity contribution in [3.05, 3.63) is 76.9 Å². The molecule has 0 unspecified atom stereocenters. The van der Waals surface area contributed by atoms with E-state index in [0.717, 1.165) is 12.1 Å². The molecule has 0 bridgehead atoms. The molecule has 9 heteroatoms. The van der Waals surface area contributed by atoms with Gasteiger partial charge in [0.1, 0.15) is 0 Å². The number of ether oxygens (including phenoxy) is 1. The molecule has 162 valence electrons. The normalized spacial score (nSPS) is 11.3. The van der Waals surface area contributed by atoms with Gasteiger partial charge in [-0.25, -0.2) is 0 Å². The summed E-state index contributed by atoms with van der Waals surface area (Å²) in [5, 5.41) is 6.22. The van der Waals surface area contributed by atoms with Gasteiger partial charge in [-0.2, -0.15) is 13.2 Å². The SMILES string of the molecule is COCCNc1cc(-c2ncccc2Cl)ccc1C(=O)Nc1ccc(C(F)(F)F)cc1. The van der Waals surface area contributed by atoms with Crippen LogP contribution in [0.3, 0.4) is 0 Å². The third kappa shape index (κ3) is 5.74. The van der Waals surface area contributed by atoms with Gasteiger partial charge in [0.2, 0.25) is 0 Å². The van der Waals surface area contributed by atoms with Crippen molar-refractivity contribution in [3.63, 3.8) is 0 Å². The number of anilines is 2. The fourth-order valence-electron chi connectivity index (χ4n) is 2.86. The minimum absolute atomic E-state index is 0.248. The maximum absolute atomic E-state index is 12.8. The largest absolute Gasteiger partial charge is 0.416 e. The topological polar surface area (TPSA) is 63.2 Å². The standard InChI is InChI=1S/C22H19ClF3N3O2/c1-31-12-11-27-19-13-14(20-18(23)3-2-10-28-20)4-9-17(19)21(30)29-16-7-5-15(6-8-16)22(24,25)26/h2-10,13,27H,11-12H2,1H3,(H,29,30). The molecule has 0 spiro atoms. The minimum atomic E-state index is -4.44. The highest BCUT2D eigenvalue weighted by Crippen LogP contribution is 2.31. The van der Waals surface area contributed by atoms with E-state index in [1.165, 1.54) is 12.1 Å². The van der Waals surface area contributed by atoms with E-state index in [2.05, 4.69) is 15.6 Å². The third-order valence-electron chi connectivity index (χ3n) is 4.39. The summed E-state index contributed by atoms with van der Waals surface area (Å²) in [7, 11) is 1.56. The van der Waals surface area contributed by atoms with Gasteiger partial charge in [0.05, 0.1) is 28.5 Å². The van der Waals surface area contributed by atoms with Crippen molar-refractivity contribution < 1.29 is 22.7 Å². The van der Waals surface area contributed by atoms with Crippen LogP contribution in [0, 0.1) is 0 Å². The Bertz CT molecular complexity index is 1060. The number of benzene rings is 2. The van der Waals surface area contributed by atoms with Crippen molar-refractivity contribution in [2.75, 3.05) is 30.9 Å². The van der Waals surface area contributed by atoms with E-state index in [-0.39, 0.29) is 5.69 Å². The van der Waals surface area contributed by atoms with Crippen LogP contribution >= 0.6 is 11.6 Å². The first-order chi connectivity index (χ1) is 14.8. The highest BCUT2D eigenvalue weighted by molar-refractivity contribution is 6.33. The molecule has 0 fully saturated rings. The smallest absolute Gasteiger partial charge is 0.383 e. The molecule has 0 aliphatic carbocycles. The average molecular weight is 450 g/mol. The molecule has 0 atom stereocenters. The first-order valence-electron chi connectivity index (χ1n) is 9.26. The van der Waals surface area contributed by atoms with Crippen LogP contribution < -0.4 is 10.6 Å². The van der Waals surface area contributed by atoms with E-state index < -0.39 is 17.6 Å². The van der Waals surface area contributed by atoms with Crippen LogP contribution in [0.1, 0.15) is 15.9 Å². The second-order valence-corrected chi connectivity index (χ2v) is 6.95. The van der Waals surface area contributed by atoms with Crippen molar-refractivity contribution in [2.24, 2.45) is 0 Å². The number of aromatic nitrogens is 1. The summed E-state index contributed by atoms with van der Waals surface area (Å²) in [6.45, 7) is 0.852. The van der Waals surface area contributed by atoms with E-state index in [0.29, 0.717) is 40.7 Å². The fraction of sp³-hybridized carbons (Fsp3) is 0.182. The van der Waals surface area contributed by atoms with E-state index in [4.69, 9.17) is 16.3 Å². The second-order valence-electron chi connectivity index (χ2n) is 6.54.